The summed E-state index contributed by atoms with van der Waals surface area (Å²) in [6.45, 7) is -0.504. The zero-order valence-corrected chi connectivity index (χ0v) is 18.9. The summed E-state index contributed by atoms with van der Waals surface area (Å²) in [7, 11) is 3.22. The summed E-state index contributed by atoms with van der Waals surface area (Å²) >= 11 is 11.9. The Morgan fingerprint density at radius 3 is 2.56 bits per heavy atom. The number of nitrogens with one attached hydrogen (secondary N) is 2. The minimum absolute atomic E-state index is 0. The lowest BCUT2D eigenvalue weighted by Gasteiger charge is -2.16. The van der Waals surface area contributed by atoms with Crippen LogP contribution in [0.2, 0.25) is 10.0 Å². The number of halogens is 5. The molecule has 11 heteroatoms. The lowest BCUT2D eigenvalue weighted by molar-refractivity contribution is -0.0504. The first-order valence-electron chi connectivity index (χ1n) is 7.91. The van der Waals surface area contributed by atoms with Crippen LogP contribution in [0.15, 0.2) is 17.1 Å². The molecular formula is C16H24Cl2F2IN3O3. The van der Waals surface area contributed by atoms with E-state index in [2.05, 4.69) is 20.4 Å². The highest BCUT2D eigenvalue weighted by atomic mass is 127. The van der Waals surface area contributed by atoms with Gasteiger partial charge in [0.15, 0.2) is 5.96 Å². The summed E-state index contributed by atoms with van der Waals surface area (Å²) in [5.41, 5.74) is 0.397. The Bertz CT molecular complexity index is 584. The van der Waals surface area contributed by atoms with E-state index in [1.165, 1.54) is 12.1 Å². The van der Waals surface area contributed by atoms with Crippen LogP contribution in [0.5, 0.6) is 5.75 Å². The molecule has 0 aliphatic carbocycles. The Balaban J connectivity index is 0.00000676. The van der Waals surface area contributed by atoms with Crippen molar-refractivity contribution in [1.82, 2.24) is 10.6 Å². The van der Waals surface area contributed by atoms with E-state index in [4.69, 9.17) is 32.7 Å². The first-order chi connectivity index (χ1) is 12.5. The van der Waals surface area contributed by atoms with E-state index in [0.717, 1.165) is 6.42 Å². The number of methoxy groups -OCH3 is 1. The summed E-state index contributed by atoms with van der Waals surface area (Å²) in [5, 5.41) is 6.44. The zero-order chi connectivity index (χ0) is 19.4. The van der Waals surface area contributed by atoms with Crippen molar-refractivity contribution in [3.63, 3.8) is 0 Å². The second-order valence-corrected chi connectivity index (χ2v) is 5.91. The van der Waals surface area contributed by atoms with Crippen LogP contribution in [0, 0.1) is 0 Å². The monoisotopic (exact) mass is 541 g/mol. The van der Waals surface area contributed by atoms with Gasteiger partial charge in [0.05, 0.1) is 18.2 Å². The third kappa shape index (κ3) is 11.1. The van der Waals surface area contributed by atoms with Crippen LogP contribution >= 0.6 is 47.2 Å². The number of benzene rings is 1. The maximum absolute atomic E-state index is 12.6. The highest BCUT2D eigenvalue weighted by molar-refractivity contribution is 14.0. The topological polar surface area (TPSA) is 64.1 Å². The lowest BCUT2D eigenvalue weighted by atomic mass is 10.2. The Morgan fingerprint density at radius 1 is 1.19 bits per heavy atom. The summed E-state index contributed by atoms with van der Waals surface area (Å²) < 4.78 is 39.9. The van der Waals surface area contributed by atoms with Crippen molar-refractivity contribution < 1.29 is 23.0 Å². The third-order valence-electron chi connectivity index (χ3n) is 3.15. The van der Waals surface area contributed by atoms with Crippen molar-refractivity contribution in [2.45, 2.75) is 19.6 Å². The molecule has 0 heterocycles. The fraction of sp³-hybridized carbons (Fsp3) is 0.562. The maximum atomic E-state index is 12.6. The van der Waals surface area contributed by atoms with E-state index in [1.54, 1.807) is 14.2 Å². The van der Waals surface area contributed by atoms with Crippen LogP contribution < -0.4 is 15.4 Å². The van der Waals surface area contributed by atoms with Crippen molar-refractivity contribution in [2.24, 2.45) is 4.99 Å². The Labute approximate surface area is 184 Å². The fourth-order valence-corrected chi connectivity index (χ4v) is 2.57. The van der Waals surface area contributed by atoms with Crippen LogP contribution in [-0.4, -0.2) is 53.1 Å². The number of hydrogen-bond donors (Lipinski definition) is 2. The van der Waals surface area contributed by atoms with Gasteiger partial charge in [-0.15, -0.1) is 24.0 Å². The summed E-state index contributed by atoms with van der Waals surface area (Å²) in [4.78, 5) is 4.06. The molecule has 0 fully saturated rings. The van der Waals surface area contributed by atoms with Gasteiger partial charge in [0.1, 0.15) is 5.75 Å². The molecule has 0 bridgehead atoms. The predicted molar refractivity (Wildman–Crippen MR) is 114 cm³/mol. The van der Waals surface area contributed by atoms with E-state index in [-0.39, 0.29) is 41.3 Å². The van der Waals surface area contributed by atoms with Crippen LogP contribution in [0.4, 0.5) is 8.78 Å². The average molecular weight is 542 g/mol. The van der Waals surface area contributed by atoms with Gasteiger partial charge in [-0.25, -0.2) is 0 Å². The quantitative estimate of drug-likeness (QED) is 0.192. The zero-order valence-electron chi connectivity index (χ0n) is 15.1. The number of aliphatic imine (C=N–C) groups is 1. The molecule has 0 aliphatic heterocycles. The average Bonchev–Trinajstić information content (AvgIpc) is 2.59. The lowest BCUT2D eigenvalue weighted by Crippen LogP contribution is -2.37. The first kappa shape index (κ1) is 26.4. The fourth-order valence-electron chi connectivity index (χ4n) is 1.99. The molecule has 0 aliphatic rings. The molecule has 6 nitrogen and oxygen atoms in total. The first-order valence-corrected chi connectivity index (χ1v) is 8.67. The number of ether oxygens (including phenoxy) is 3. The van der Waals surface area contributed by atoms with Crippen LogP contribution in [-0.2, 0) is 16.0 Å². The van der Waals surface area contributed by atoms with Crippen molar-refractivity contribution in [2.75, 3.05) is 40.5 Å². The summed E-state index contributed by atoms with van der Waals surface area (Å²) in [6, 6.07) is 2.86. The number of hydrogen-bond acceptors (Lipinski definition) is 4. The molecular weight excluding hydrogens is 518 g/mol. The van der Waals surface area contributed by atoms with Crippen molar-refractivity contribution in [1.29, 1.82) is 0 Å². The van der Waals surface area contributed by atoms with Gasteiger partial charge in [-0.3, -0.25) is 4.99 Å². The SMILES string of the molecule is CN=C(NCCCOCCOC)NCc1cc(Cl)cc(Cl)c1OC(F)F.I. The van der Waals surface area contributed by atoms with Gasteiger partial charge in [-0.05, 0) is 18.6 Å². The second-order valence-electron chi connectivity index (χ2n) is 5.07. The van der Waals surface area contributed by atoms with E-state index in [1.807, 2.05) is 0 Å². The molecule has 27 heavy (non-hydrogen) atoms. The summed E-state index contributed by atoms with van der Waals surface area (Å²) in [5.74, 6) is 0.390. The Morgan fingerprint density at radius 2 is 1.93 bits per heavy atom. The molecule has 2 N–H and O–H groups in total. The minimum Gasteiger partial charge on any atom is -0.433 e. The standard InChI is InChI=1S/C16H23Cl2F2N3O3.HI/c1-21-16(22-4-3-5-25-7-6-24-2)23-10-11-8-12(17)9-13(18)14(11)26-15(19)20;/h8-9,15H,3-7,10H2,1-2H3,(H2,21,22,23);1H. The molecule has 0 radical (unpaired) electrons. The second kappa shape index (κ2) is 15.3. The molecule has 1 aromatic rings. The largest absolute Gasteiger partial charge is 0.433 e. The van der Waals surface area contributed by atoms with Gasteiger partial charge < -0.3 is 24.8 Å². The molecule has 0 saturated carbocycles. The molecule has 0 amide bonds. The number of rotatable bonds is 11. The highest BCUT2D eigenvalue weighted by Gasteiger charge is 2.15. The van der Waals surface area contributed by atoms with E-state index >= 15 is 0 Å². The van der Waals surface area contributed by atoms with Crippen molar-refractivity contribution in [3.05, 3.63) is 27.7 Å². The van der Waals surface area contributed by atoms with Crippen molar-refractivity contribution in [3.8, 4) is 5.75 Å². The molecule has 1 aromatic carbocycles. The molecule has 0 aromatic heterocycles. The molecule has 0 unspecified atom stereocenters. The maximum Gasteiger partial charge on any atom is 0.387 e. The van der Waals surface area contributed by atoms with Gasteiger partial charge in [0.25, 0.3) is 0 Å². The molecule has 0 saturated heterocycles. The Hall–Kier alpha value is -0.620. The number of alkyl halides is 2. The van der Waals surface area contributed by atoms with Crippen LogP contribution in [0.25, 0.3) is 0 Å². The van der Waals surface area contributed by atoms with Crippen molar-refractivity contribution >= 4 is 53.1 Å². The molecule has 156 valence electrons. The smallest absolute Gasteiger partial charge is 0.387 e. The molecule has 0 atom stereocenters. The van der Waals surface area contributed by atoms with Gasteiger partial charge in [-0.1, -0.05) is 23.2 Å². The third-order valence-corrected chi connectivity index (χ3v) is 3.65. The minimum atomic E-state index is -2.98. The van der Waals surface area contributed by atoms with Gasteiger partial charge in [0.2, 0.25) is 0 Å². The highest BCUT2D eigenvalue weighted by Crippen LogP contribution is 2.33. The number of nitrogens with zero attached hydrogens (tertiary/aromatic N) is 1. The molecule has 0 spiro atoms. The van der Waals surface area contributed by atoms with Gasteiger partial charge >= 0.3 is 6.61 Å². The summed E-state index contributed by atoms with van der Waals surface area (Å²) in [6.07, 6.45) is 0.771. The van der Waals surface area contributed by atoms with Gasteiger partial charge in [0, 0.05) is 44.4 Å². The predicted octanol–water partition coefficient (Wildman–Crippen LogP) is 3.93. The number of guanidine groups is 1. The van der Waals surface area contributed by atoms with Crippen LogP contribution in [0.3, 0.4) is 0 Å². The Kier molecular flexibility index (Phi) is 15.0. The normalized spacial score (nSPS) is 11.3. The molecule has 1 rings (SSSR count). The van der Waals surface area contributed by atoms with E-state index in [0.29, 0.717) is 42.9 Å². The van der Waals surface area contributed by atoms with Crippen LogP contribution in [0.1, 0.15) is 12.0 Å². The van der Waals surface area contributed by atoms with E-state index in [9.17, 15) is 8.78 Å². The van der Waals surface area contributed by atoms with E-state index < -0.39 is 6.61 Å². The van der Waals surface area contributed by atoms with Gasteiger partial charge in [-0.2, -0.15) is 8.78 Å².